The van der Waals surface area contributed by atoms with Crippen molar-refractivity contribution in [2.45, 2.75) is 19.4 Å². The van der Waals surface area contributed by atoms with E-state index < -0.39 is 11.6 Å². The minimum Gasteiger partial charge on any atom is -0.350 e. The molecule has 3 heterocycles. The molecule has 0 unspecified atom stereocenters. The predicted octanol–water partition coefficient (Wildman–Crippen LogP) is 5.23. The topological polar surface area (TPSA) is 49.3 Å². The lowest BCUT2D eigenvalue weighted by Gasteiger charge is -2.54. The first-order valence-corrected chi connectivity index (χ1v) is 11.8. The number of hydrogen-bond donors (Lipinski definition) is 0. The molecule has 4 aromatic rings. The number of rotatable bonds is 3. The Morgan fingerprint density at radius 2 is 1.74 bits per heavy atom. The van der Waals surface area contributed by atoms with E-state index in [0.29, 0.717) is 41.4 Å². The molecule has 0 spiro atoms. The summed E-state index contributed by atoms with van der Waals surface area (Å²) in [6, 6.07) is 18.3. The number of carbonyl (C=O) groups is 1. The number of aryl methyl sites for hydroxylation is 1. The quantitative estimate of drug-likeness (QED) is 0.411. The highest BCUT2D eigenvalue weighted by molar-refractivity contribution is 6.01. The van der Waals surface area contributed by atoms with Crippen molar-refractivity contribution in [1.82, 2.24) is 14.9 Å². The van der Waals surface area contributed by atoms with Gasteiger partial charge in [-0.1, -0.05) is 48.0 Å². The Morgan fingerprint density at radius 3 is 2.54 bits per heavy atom. The van der Waals surface area contributed by atoms with Crippen LogP contribution in [0.25, 0.3) is 22.2 Å². The van der Waals surface area contributed by atoms with Crippen LogP contribution in [-0.4, -0.2) is 46.5 Å². The van der Waals surface area contributed by atoms with Gasteiger partial charge in [-0.05, 0) is 30.5 Å². The van der Waals surface area contributed by atoms with Crippen molar-refractivity contribution < 1.29 is 13.6 Å². The van der Waals surface area contributed by atoms with Crippen LogP contribution in [0.15, 0.2) is 66.9 Å². The molecule has 0 N–H and O–H groups in total. The van der Waals surface area contributed by atoms with E-state index in [0.717, 1.165) is 41.8 Å². The van der Waals surface area contributed by atoms with Crippen LogP contribution in [-0.2, 0) is 0 Å². The van der Waals surface area contributed by atoms with Crippen molar-refractivity contribution >= 4 is 22.8 Å². The molecule has 1 aromatic heterocycles. The molecule has 0 saturated carbocycles. The van der Waals surface area contributed by atoms with Crippen LogP contribution >= 0.6 is 0 Å². The van der Waals surface area contributed by atoms with Gasteiger partial charge >= 0.3 is 0 Å². The van der Waals surface area contributed by atoms with Crippen LogP contribution in [0.4, 0.5) is 14.6 Å². The highest BCUT2D eigenvalue weighted by atomic mass is 19.2. The fraction of sp³-hybridized carbons (Fsp3) is 0.250. The number of likely N-dealkylation sites (tertiary alicyclic amines) is 1. The van der Waals surface area contributed by atoms with Gasteiger partial charge in [-0.2, -0.15) is 0 Å². The highest BCUT2D eigenvalue weighted by Gasteiger charge is 2.44. The maximum atomic E-state index is 13.7. The van der Waals surface area contributed by atoms with Crippen LogP contribution < -0.4 is 4.90 Å². The minimum atomic E-state index is -0.938. The average Bonchev–Trinajstić information content (AvgIpc) is 2.85. The van der Waals surface area contributed by atoms with E-state index in [1.54, 1.807) is 6.20 Å². The summed E-state index contributed by atoms with van der Waals surface area (Å²) in [5.41, 5.74) is 4.35. The van der Waals surface area contributed by atoms with E-state index in [1.165, 1.54) is 0 Å². The summed E-state index contributed by atoms with van der Waals surface area (Å²) < 4.78 is 27.3. The number of benzene rings is 3. The molecule has 2 atom stereocenters. The van der Waals surface area contributed by atoms with Crippen molar-refractivity contribution in [3.63, 3.8) is 0 Å². The van der Waals surface area contributed by atoms with E-state index in [-0.39, 0.29) is 11.9 Å². The van der Waals surface area contributed by atoms with Gasteiger partial charge in [0.1, 0.15) is 5.82 Å². The lowest BCUT2D eigenvalue weighted by Crippen LogP contribution is -2.65. The normalized spacial score (nSPS) is 19.4. The Kier molecular flexibility index (Phi) is 5.20. The van der Waals surface area contributed by atoms with Gasteiger partial charge in [-0.15, -0.1) is 0 Å². The van der Waals surface area contributed by atoms with E-state index >= 15 is 0 Å². The zero-order valence-corrected chi connectivity index (χ0v) is 19.3. The number of carbonyl (C=O) groups excluding carboxylic acids is 1. The van der Waals surface area contributed by atoms with Crippen molar-refractivity contribution in [2.75, 3.05) is 24.5 Å². The zero-order valence-electron chi connectivity index (χ0n) is 19.3. The van der Waals surface area contributed by atoms with E-state index in [2.05, 4.69) is 14.9 Å². The van der Waals surface area contributed by atoms with Crippen LogP contribution in [0.5, 0.6) is 0 Å². The lowest BCUT2D eigenvalue weighted by molar-refractivity contribution is 0.0592. The SMILES string of the molecule is Cc1ccc(-c2ccccc2)c(C(=O)N2CC[C@H]3CN(c4cnc5cc(F)c(F)cc5n4)[C@H]3C2)c1. The fourth-order valence-electron chi connectivity index (χ4n) is 5.26. The van der Waals surface area contributed by atoms with E-state index in [1.807, 2.05) is 60.4 Å². The lowest BCUT2D eigenvalue weighted by atomic mass is 9.82. The number of piperidine rings is 1. The average molecular weight is 471 g/mol. The summed E-state index contributed by atoms with van der Waals surface area (Å²) in [7, 11) is 0. The van der Waals surface area contributed by atoms with Gasteiger partial charge in [0.2, 0.25) is 0 Å². The van der Waals surface area contributed by atoms with Crippen molar-refractivity contribution in [1.29, 1.82) is 0 Å². The molecule has 5 nitrogen and oxygen atoms in total. The Labute approximate surface area is 202 Å². The molecule has 0 radical (unpaired) electrons. The number of hydrogen-bond acceptors (Lipinski definition) is 4. The summed E-state index contributed by atoms with van der Waals surface area (Å²) in [5.74, 6) is -0.754. The summed E-state index contributed by atoms with van der Waals surface area (Å²) >= 11 is 0. The molecule has 176 valence electrons. The summed E-state index contributed by atoms with van der Waals surface area (Å²) in [6.45, 7) is 4.11. The molecule has 1 amide bonds. The second-order valence-electron chi connectivity index (χ2n) is 9.42. The van der Waals surface area contributed by atoms with Gasteiger partial charge in [0, 0.05) is 43.2 Å². The first-order chi connectivity index (χ1) is 17.0. The van der Waals surface area contributed by atoms with Crippen molar-refractivity contribution in [3.8, 4) is 11.1 Å². The molecule has 0 bridgehead atoms. The second-order valence-corrected chi connectivity index (χ2v) is 9.42. The largest absolute Gasteiger partial charge is 0.350 e. The number of fused-ring (bicyclic) bond motifs is 2. The Morgan fingerprint density at radius 1 is 0.971 bits per heavy atom. The van der Waals surface area contributed by atoms with E-state index in [4.69, 9.17) is 0 Å². The molecule has 0 aliphatic carbocycles. The summed E-state index contributed by atoms with van der Waals surface area (Å²) in [4.78, 5) is 26.6. The fourth-order valence-corrected chi connectivity index (χ4v) is 5.26. The van der Waals surface area contributed by atoms with Crippen LogP contribution in [0.3, 0.4) is 0 Å². The monoisotopic (exact) mass is 470 g/mol. The number of anilines is 1. The van der Waals surface area contributed by atoms with Crippen LogP contribution in [0.2, 0.25) is 0 Å². The number of amides is 1. The predicted molar refractivity (Wildman–Crippen MR) is 131 cm³/mol. The zero-order chi connectivity index (χ0) is 24.1. The van der Waals surface area contributed by atoms with Gasteiger partial charge in [-0.25, -0.2) is 13.8 Å². The smallest absolute Gasteiger partial charge is 0.254 e. The third-order valence-electron chi connectivity index (χ3n) is 7.20. The molecule has 3 aromatic carbocycles. The van der Waals surface area contributed by atoms with Crippen LogP contribution in [0.1, 0.15) is 22.3 Å². The molecular formula is C28H24F2N4O. The number of aromatic nitrogens is 2. The van der Waals surface area contributed by atoms with Crippen molar-refractivity contribution in [2.24, 2.45) is 5.92 Å². The van der Waals surface area contributed by atoms with Crippen LogP contribution in [0, 0.1) is 24.5 Å². The highest BCUT2D eigenvalue weighted by Crippen LogP contribution is 2.37. The van der Waals surface area contributed by atoms with Gasteiger partial charge in [0.15, 0.2) is 11.6 Å². The third-order valence-corrected chi connectivity index (χ3v) is 7.20. The standard InChI is InChI=1S/C28H24F2N4O/c1-17-7-8-20(18-5-3-2-4-6-18)21(11-17)28(35)33-10-9-19-15-34(26(19)16-33)27-14-31-24-12-22(29)23(30)13-25(24)32-27/h2-8,11-14,19,26H,9-10,15-16H2,1H3/t19-,26-/m0/s1. The summed E-state index contributed by atoms with van der Waals surface area (Å²) in [5, 5.41) is 0. The maximum Gasteiger partial charge on any atom is 0.254 e. The molecule has 2 fully saturated rings. The first-order valence-electron chi connectivity index (χ1n) is 11.8. The molecule has 2 saturated heterocycles. The van der Waals surface area contributed by atoms with Gasteiger partial charge in [0.25, 0.3) is 5.91 Å². The Bertz CT molecular complexity index is 1440. The maximum absolute atomic E-state index is 13.7. The molecule has 2 aliphatic heterocycles. The minimum absolute atomic E-state index is 0.0278. The second kappa shape index (κ2) is 8.41. The number of nitrogens with zero attached hydrogens (tertiary/aromatic N) is 4. The van der Waals surface area contributed by atoms with Gasteiger partial charge in [0.05, 0.1) is 23.3 Å². The Balaban J connectivity index is 1.26. The van der Waals surface area contributed by atoms with Gasteiger partial charge < -0.3 is 9.80 Å². The number of halogens is 2. The summed E-state index contributed by atoms with van der Waals surface area (Å²) in [6.07, 6.45) is 2.52. The van der Waals surface area contributed by atoms with Crippen molar-refractivity contribution in [3.05, 3.63) is 89.6 Å². The molecule has 35 heavy (non-hydrogen) atoms. The van der Waals surface area contributed by atoms with Gasteiger partial charge in [-0.3, -0.25) is 9.78 Å². The third kappa shape index (κ3) is 3.81. The molecule has 7 heteroatoms. The molecular weight excluding hydrogens is 446 g/mol. The molecule has 2 aliphatic rings. The van der Waals surface area contributed by atoms with E-state index in [9.17, 15) is 13.6 Å². The molecule has 6 rings (SSSR count). The Hall–Kier alpha value is -3.87. The first kappa shape index (κ1) is 21.6.